The molecular formula is C21H11N7. The van der Waals surface area contributed by atoms with E-state index in [1.165, 1.54) is 0 Å². The summed E-state index contributed by atoms with van der Waals surface area (Å²) in [5.41, 5.74) is 5.26. The SMILES string of the molecule is N#Cc1cccc(C#N)c1-c1nc2c([nH]1)-c1ccncc1Nc1ncccc1-2. The van der Waals surface area contributed by atoms with E-state index in [0.717, 1.165) is 22.5 Å². The van der Waals surface area contributed by atoms with Gasteiger partial charge in [-0.1, -0.05) is 6.07 Å². The summed E-state index contributed by atoms with van der Waals surface area (Å²) < 4.78 is 0. The molecule has 0 bridgehead atoms. The molecule has 0 spiro atoms. The van der Waals surface area contributed by atoms with E-state index in [1.54, 1.807) is 36.8 Å². The molecule has 0 amide bonds. The Bertz CT molecular complexity index is 1230. The third kappa shape index (κ3) is 2.24. The fourth-order valence-corrected chi connectivity index (χ4v) is 3.41. The number of nitrogens with zero attached hydrogens (tertiary/aromatic N) is 5. The molecule has 1 aliphatic rings. The molecule has 7 heteroatoms. The zero-order valence-corrected chi connectivity index (χ0v) is 14.4. The van der Waals surface area contributed by atoms with Crippen LogP contribution in [0.2, 0.25) is 0 Å². The Hall–Kier alpha value is -4.49. The third-order valence-electron chi connectivity index (χ3n) is 4.65. The highest BCUT2D eigenvalue weighted by Gasteiger charge is 2.25. The molecule has 1 aromatic carbocycles. The summed E-state index contributed by atoms with van der Waals surface area (Å²) in [6, 6.07) is 15.0. The first kappa shape index (κ1) is 15.7. The fourth-order valence-electron chi connectivity index (χ4n) is 3.41. The maximum absolute atomic E-state index is 9.53. The van der Waals surface area contributed by atoms with E-state index in [0.29, 0.717) is 34.0 Å². The van der Waals surface area contributed by atoms with E-state index in [9.17, 15) is 10.5 Å². The number of rotatable bonds is 1. The van der Waals surface area contributed by atoms with Gasteiger partial charge in [0.25, 0.3) is 0 Å². The van der Waals surface area contributed by atoms with E-state index in [4.69, 9.17) is 4.98 Å². The molecule has 2 N–H and O–H groups in total. The largest absolute Gasteiger partial charge is 0.338 e. The van der Waals surface area contributed by atoms with Crippen molar-refractivity contribution in [1.29, 1.82) is 10.5 Å². The molecule has 0 radical (unpaired) electrons. The Morgan fingerprint density at radius 3 is 2.50 bits per heavy atom. The van der Waals surface area contributed by atoms with Crippen molar-refractivity contribution in [2.45, 2.75) is 0 Å². The number of pyridine rings is 2. The number of benzene rings is 1. The Morgan fingerprint density at radius 2 is 1.71 bits per heavy atom. The molecule has 4 heterocycles. The smallest absolute Gasteiger partial charge is 0.141 e. The van der Waals surface area contributed by atoms with Crippen LogP contribution in [0.15, 0.2) is 55.0 Å². The predicted molar refractivity (Wildman–Crippen MR) is 103 cm³/mol. The van der Waals surface area contributed by atoms with Crippen LogP contribution in [0.5, 0.6) is 0 Å². The van der Waals surface area contributed by atoms with Crippen molar-refractivity contribution in [2.24, 2.45) is 0 Å². The van der Waals surface area contributed by atoms with Crippen LogP contribution in [0.25, 0.3) is 33.9 Å². The lowest BCUT2D eigenvalue weighted by atomic mass is 10.0. The quantitative estimate of drug-likeness (QED) is 0.466. The number of aromatic amines is 1. The van der Waals surface area contributed by atoms with Crippen LogP contribution < -0.4 is 5.32 Å². The second-order valence-electron chi connectivity index (χ2n) is 6.21. The molecule has 0 unspecified atom stereocenters. The summed E-state index contributed by atoms with van der Waals surface area (Å²) in [6.07, 6.45) is 5.14. The molecule has 130 valence electrons. The van der Waals surface area contributed by atoms with Gasteiger partial charge in [-0.3, -0.25) is 4.98 Å². The molecule has 4 aromatic rings. The number of aromatic nitrogens is 4. The van der Waals surface area contributed by atoms with Crippen LogP contribution in [0.3, 0.4) is 0 Å². The molecular weight excluding hydrogens is 350 g/mol. The molecule has 28 heavy (non-hydrogen) atoms. The highest BCUT2D eigenvalue weighted by Crippen LogP contribution is 2.43. The Morgan fingerprint density at radius 1 is 0.893 bits per heavy atom. The predicted octanol–water partition coefficient (Wildman–Crippen LogP) is 4.00. The first-order chi connectivity index (χ1) is 13.8. The average molecular weight is 361 g/mol. The van der Waals surface area contributed by atoms with Crippen molar-refractivity contribution in [2.75, 3.05) is 5.32 Å². The van der Waals surface area contributed by atoms with Crippen molar-refractivity contribution in [3.63, 3.8) is 0 Å². The van der Waals surface area contributed by atoms with Crippen LogP contribution in [-0.4, -0.2) is 19.9 Å². The van der Waals surface area contributed by atoms with Gasteiger partial charge in [-0.05, 0) is 30.3 Å². The normalized spacial score (nSPS) is 11.1. The second kappa shape index (κ2) is 6.04. The zero-order valence-electron chi connectivity index (χ0n) is 14.4. The lowest BCUT2D eigenvalue weighted by Crippen LogP contribution is -1.96. The van der Waals surface area contributed by atoms with Gasteiger partial charge in [0.2, 0.25) is 0 Å². The number of H-pyrrole nitrogens is 1. The van der Waals surface area contributed by atoms with Gasteiger partial charge in [-0.2, -0.15) is 10.5 Å². The Kier molecular flexibility index (Phi) is 3.40. The lowest BCUT2D eigenvalue weighted by molar-refractivity contribution is 1.26. The number of anilines is 2. The van der Waals surface area contributed by atoms with Gasteiger partial charge in [0, 0.05) is 23.5 Å². The van der Waals surface area contributed by atoms with Gasteiger partial charge in [-0.15, -0.1) is 0 Å². The number of imidazole rings is 1. The maximum Gasteiger partial charge on any atom is 0.141 e. The molecule has 3 aromatic heterocycles. The highest BCUT2D eigenvalue weighted by molar-refractivity contribution is 5.95. The standard InChI is InChI=1S/C21H11N7/c22-9-12-3-1-4-13(10-23)17(12)21-27-18-14-6-8-24-11-16(14)26-20-15(19(18)28-21)5-2-7-25-20/h1-8,11H,(H,25,26)(H,27,28). The van der Waals surface area contributed by atoms with Gasteiger partial charge in [-0.25, -0.2) is 9.97 Å². The third-order valence-corrected chi connectivity index (χ3v) is 4.65. The number of nitrogens with one attached hydrogen (secondary N) is 2. The topological polar surface area (TPSA) is 114 Å². The van der Waals surface area contributed by atoms with Gasteiger partial charge in [0.05, 0.1) is 46.4 Å². The van der Waals surface area contributed by atoms with E-state index < -0.39 is 0 Å². The van der Waals surface area contributed by atoms with Gasteiger partial charge >= 0.3 is 0 Å². The first-order valence-electron chi connectivity index (χ1n) is 8.50. The minimum absolute atomic E-state index is 0.391. The molecule has 5 rings (SSSR count). The van der Waals surface area contributed by atoms with Gasteiger partial charge in [0.15, 0.2) is 0 Å². The van der Waals surface area contributed by atoms with Gasteiger partial charge in [0.1, 0.15) is 17.3 Å². The van der Waals surface area contributed by atoms with E-state index in [2.05, 4.69) is 32.4 Å². The number of nitriles is 2. The molecule has 0 atom stereocenters. The summed E-state index contributed by atoms with van der Waals surface area (Å²) >= 11 is 0. The summed E-state index contributed by atoms with van der Waals surface area (Å²) in [5, 5.41) is 22.4. The monoisotopic (exact) mass is 361 g/mol. The van der Waals surface area contributed by atoms with Crippen molar-refractivity contribution in [1.82, 2.24) is 19.9 Å². The number of fused-ring (bicyclic) bond motifs is 5. The van der Waals surface area contributed by atoms with Crippen LogP contribution >= 0.6 is 0 Å². The first-order valence-corrected chi connectivity index (χ1v) is 8.50. The molecule has 7 nitrogen and oxygen atoms in total. The van der Waals surface area contributed by atoms with Gasteiger partial charge < -0.3 is 10.3 Å². The molecule has 0 saturated heterocycles. The zero-order chi connectivity index (χ0) is 19.1. The van der Waals surface area contributed by atoms with E-state index >= 15 is 0 Å². The van der Waals surface area contributed by atoms with E-state index in [-0.39, 0.29) is 0 Å². The van der Waals surface area contributed by atoms with Crippen LogP contribution in [0.4, 0.5) is 11.5 Å². The summed E-state index contributed by atoms with van der Waals surface area (Å²) in [4.78, 5) is 16.7. The Labute approximate surface area is 160 Å². The van der Waals surface area contributed by atoms with Crippen LogP contribution in [-0.2, 0) is 0 Å². The molecule has 1 aliphatic heterocycles. The van der Waals surface area contributed by atoms with Crippen molar-refractivity contribution in [3.05, 3.63) is 66.1 Å². The molecule has 0 aliphatic carbocycles. The lowest BCUT2D eigenvalue weighted by Gasteiger charge is -2.08. The maximum atomic E-state index is 9.53. The average Bonchev–Trinajstić information content (AvgIpc) is 3.13. The second-order valence-corrected chi connectivity index (χ2v) is 6.21. The summed E-state index contributed by atoms with van der Waals surface area (Å²) in [5.74, 6) is 1.14. The van der Waals surface area contributed by atoms with E-state index in [1.807, 2.05) is 18.2 Å². The minimum atomic E-state index is 0.391. The number of hydrogen-bond donors (Lipinski definition) is 2. The van der Waals surface area contributed by atoms with Crippen molar-refractivity contribution < 1.29 is 0 Å². The Balaban J connectivity index is 1.85. The van der Waals surface area contributed by atoms with Crippen molar-refractivity contribution in [3.8, 4) is 46.0 Å². The summed E-state index contributed by atoms with van der Waals surface area (Å²) in [7, 11) is 0. The summed E-state index contributed by atoms with van der Waals surface area (Å²) in [6.45, 7) is 0. The van der Waals surface area contributed by atoms with Crippen molar-refractivity contribution >= 4 is 11.5 Å². The minimum Gasteiger partial charge on any atom is -0.338 e. The van der Waals surface area contributed by atoms with Crippen LogP contribution in [0.1, 0.15) is 11.1 Å². The molecule has 0 fully saturated rings. The molecule has 0 saturated carbocycles. The number of hydrogen-bond acceptors (Lipinski definition) is 6. The fraction of sp³-hybridized carbons (Fsp3) is 0. The highest BCUT2D eigenvalue weighted by atomic mass is 15.0. The van der Waals surface area contributed by atoms with Crippen LogP contribution in [0, 0.1) is 22.7 Å².